The second-order valence-electron chi connectivity index (χ2n) is 13.0. The van der Waals surface area contributed by atoms with Gasteiger partial charge in [-0.05, 0) is 90.0 Å². The Hall–Kier alpha value is -6.62. The van der Waals surface area contributed by atoms with Crippen LogP contribution in [-0.4, -0.2) is 0 Å². The minimum absolute atomic E-state index is 0.875. The van der Waals surface area contributed by atoms with E-state index in [0.717, 1.165) is 56.1 Å². The molecule has 0 spiro atoms. The summed E-state index contributed by atoms with van der Waals surface area (Å²) in [5.74, 6) is 0. The lowest BCUT2D eigenvalue weighted by Gasteiger charge is -2.26. The van der Waals surface area contributed by atoms with Gasteiger partial charge in [-0.3, -0.25) is 0 Å². The van der Waals surface area contributed by atoms with Crippen LogP contribution in [0, 0.1) is 0 Å². The number of anilines is 6. The highest BCUT2D eigenvalue weighted by Gasteiger charge is 2.21. The average molecular weight is 685 g/mol. The monoisotopic (exact) mass is 684 g/mol. The number of benzene rings is 8. The highest BCUT2D eigenvalue weighted by Crippen LogP contribution is 2.47. The Morgan fingerprint density at radius 1 is 0.346 bits per heavy atom. The number of furan rings is 1. The third kappa shape index (κ3) is 5.20. The molecule has 0 aliphatic rings. The average Bonchev–Trinajstić information content (AvgIpc) is 3.78. The van der Waals surface area contributed by atoms with Crippen molar-refractivity contribution >= 4 is 87.6 Å². The Balaban J connectivity index is 1.15. The predicted molar refractivity (Wildman–Crippen MR) is 221 cm³/mol. The highest BCUT2D eigenvalue weighted by atomic mass is 32.1. The van der Waals surface area contributed by atoms with Crippen molar-refractivity contribution in [3.05, 3.63) is 194 Å². The fourth-order valence-electron chi connectivity index (χ4n) is 7.40. The van der Waals surface area contributed by atoms with Gasteiger partial charge in [0.1, 0.15) is 11.2 Å². The van der Waals surface area contributed by atoms with E-state index in [1.807, 2.05) is 23.5 Å². The van der Waals surface area contributed by atoms with Gasteiger partial charge in [0.05, 0.1) is 10.4 Å². The Labute approximate surface area is 305 Å². The van der Waals surface area contributed by atoms with E-state index in [9.17, 15) is 0 Å². The van der Waals surface area contributed by atoms with Gasteiger partial charge in [-0.1, -0.05) is 109 Å². The van der Waals surface area contributed by atoms with Crippen LogP contribution >= 0.6 is 11.3 Å². The van der Waals surface area contributed by atoms with Gasteiger partial charge in [0.15, 0.2) is 0 Å². The predicted octanol–water partition coefficient (Wildman–Crippen LogP) is 14.6. The lowest BCUT2D eigenvalue weighted by molar-refractivity contribution is 0.669. The van der Waals surface area contributed by atoms with Gasteiger partial charge in [0, 0.05) is 60.7 Å². The van der Waals surface area contributed by atoms with Gasteiger partial charge in [0.2, 0.25) is 0 Å². The van der Waals surface area contributed by atoms with Crippen LogP contribution in [0.15, 0.2) is 199 Å². The van der Waals surface area contributed by atoms with Gasteiger partial charge in [-0.2, -0.15) is 0 Å². The third-order valence-corrected chi connectivity index (χ3v) is 11.0. The number of hydrogen-bond donors (Lipinski definition) is 0. The van der Waals surface area contributed by atoms with Crippen LogP contribution in [-0.2, 0) is 0 Å². The summed E-state index contributed by atoms with van der Waals surface area (Å²) in [6.07, 6.45) is 0. The molecule has 4 heteroatoms. The van der Waals surface area contributed by atoms with Crippen molar-refractivity contribution < 1.29 is 4.42 Å². The molecule has 246 valence electrons. The van der Waals surface area contributed by atoms with Crippen molar-refractivity contribution in [2.75, 3.05) is 9.80 Å². The molecule has 2 heterocycles. The molecule has 10 rings (SSSR count). The van der Waals surface area contributed by atoms with Crippen LogP contribution in [0.2, 0.25) is 0 Å². The van der Waals surface area contributed by atoms with Crippen molar-refractivity contribution in [3.63, 3.8) is 0 Å². The quantitative estimate of drug-likeness (QED) is 0.167. The molecule has 2 aromatic heterocycles. The summed E-state index contributed by atoms with van der Waals surface area (Å²) < 4.78 is 8.89. The normalized spacial score (nSPS) is 11.5. The fourth-order valence-corrected chi connectivity index (χ4v) is 8.59. The summed E-state index contributed by atoms with van der Waals surface area (Å²) in [6.45, 7) is 0. The molecule has 0 atom stereocenters. The Morgan fingerprint density at radius 2 is 0.904 bits per heavy atom. The second-order valence-corrected chi connectivity index (χ2v) is 14.0. The maximum atomic E-state index is 6.41. The van der Waals surface area contributed by atoms with Gasteiger partial charge in [0.25, 0.3) is 0 Å². The Bertz CT molecular complexity index is 2800. The van der Waals surface area contributed by atoms with Crippen LogP contribution in [0.1, 0.15) is 0 Å². The molecule has 0 radical (unpaired) electrons. The smallest absolute Gasteiger partial charge is 0.137 e. The lowest BCUT2D eigenvalue weighted by Crippen LogP contribution is -2.10. The van der Waals surface area contributed by atoms with Crippen LogP contribution in [0.25, 0.3) is 53.2 Å². The molecule has 8 aromatic carbocycles. The molecule has 0 bridgehead atoms. The van der Waals surface area contributed by atoms with Gasteiger partial charge in [-0.15, -0.1) is 11.3 Å². The Kier molecular flexibility index (Phi) is 7.33. The molecular formula is C48H32N2OS. The standard InChI is InChI=1S/C48H32N2OS/c1-4-13-33(14-5-1)34-23-25-37(26-24-34)50(39-27-29-41-40-19-10-11-22-45(40)51-46(41)32-39)44-21-12-20-42-43-31-38(28-30-47(43)52-48(42)44)49(35-15-6-2-7-16-35)36-17-8-3-9-18-36/h1-32H. The summed E-state index contributed by atoms with van der Waals surface area (Å²) >= 11 is 1.84. The van der Waals surface area contributed by atoms with Crippen molar-refractivity contribution in [2.45, 2.75) is 0 Å². The number of nitrogens with zero attached hydrogens (tertiary/aromatic N) is 2. The summed E-state index contributed by atoms with van der Waals surface area (Å²) in [4.78, 5) is 4.70. The molecule has 0 unspecified atom stereocenters. The molecule has 0 saturated heterocycles. The van der Waals surface area contributed by atoms with E-state index in [4.69, 9.17) is 4.42 Å². The number of hydrogen-bond acceptors (Lipinski definition) is 4. The number of rotatable bonds is 7. The van der Waals surface area contributed by atoms with Crippen molar-refractivity contribution in [3.8, 4) is 11.1 Å². The van der Waals surface area contributed by atoms with Gasteiger partial charge < -0.3 is 14.2 Å². The molecule has 3 nitrogen and oxygen atoms in total. The molecule has 0 saturated carbocycles. The molecule has 0 aliphatic carbocycles. The number of para-hydroxylation sites is 3. The fraction of sp³-hybridized carbons (Fsp3) is 0. The summed E-state index contributed by atoms with van der Waals surface area (Å²) in [6, 6.07) is 69.1. The van der Waals surface area contributed by atoms with E-state index in [1.165, 1.54) is 31.3 Å². The van der Waals surface area contributed by atoms with Crippen molar-refractivity contribution in [1.82, 2.24) is 0 Å². The van der Waals surface area contributed by atoms with Gasteiger partial charge >= 0.3 is 0 Å². The largest absolute Gasteiger partial charge is 0.456 e. The molecule has 0 amide bonds. The molecule has 10 aromatic rings. The first kappa shape index (κ1) is 30.2. The maximum absolute atomic E-state index is 6.41. The third-order valence-electron chi connectivity index (χ3n) is 9.84. The number of fused-ring (bicyclic) bond motifs is 6. The van der Waals surface area contributed by atoms with Crippen LogP contribution in [0.4, 0.5) is 34.1 Å². The summed E-state index contributed by atoms with van der Waals surface area (Å²) in [7, 11) is 0. The minimum atomic E-state index is 0.875. The highest BCUT2D eigenvalue weighted by molar-refractivity contribution is 7.26. The van der Waals surface area contributed by atoms with Crippen LogP contribution in [0.3, 0.4) is 0 Å². The first-order valence-electron chi connectivity index (χ1n) is 17.5. The Morgan fingerprint density at radius 3 is 1.65 bits per heavy atom. The molecule has 52 heavy (non-hydrogen) atoms. The summed E-state index contributed by atoms with van der Waals surface area (Å²) in [5.41, 5.74) is 10.8. The van der Waals surface area contributed by atoms with E-state index in [1.54, 1.807) is 0 Å². The van der Waals surface area contributed by atoms with Crippen LogP contribution < -0.4 is 9.80 Å². The van der Waals surface area contributed by atoms with E-state index >= 15 is 0 Å². The van der Waals surface area contributed by atoms with Gasteiger partial charge in [-0.25, -0.2) is 0 Å². The van der Waals surface area contributed by atoms with Crippen LogP contribution in [0.5, 0.6) is 0 Å². The zero-order valence-electron chi connectivity index (χ0n) is 28.2. The first-order valence-corrected chi connectivity index (χ1v) is 18.3. The molecule has 0 aliphatic heterocycles. The zero-order valence-corrected chi connectivity index (χ0v) is 29.0. The van der Waals surface area contributed by atoms with Crippen molar-refractivity contribution in [2.24, 2.45) is 0 Å². The maximum Gasteiger partial charge on any atom is 0.137 e. The van der Waals surface area contributed by atoms with Crippen molar-refractivity contribution in [1.29, 1.82) is 0 Å². The van der Waals surface area contributed by atoms with E-state index in [2.05, 4.69) is 192 Å². The number of thiophene rings is 1. The lowest BCUT2D eigenvalue weighted by atomic mass is 10.0. The minimum Gasteiger partial charge on any atom is -0.456 e. The topological polar surface area (TPSA) is 19.6 Å². The first-order chi connectivity index (χ1) is 25.8. The zero-order chi connectivity index (χ0) is 34.4. The van der Waals surface area contributed by atoms with E-state index in [0.29, 0.717) is 0 Å². The second kappa shape index (κ2) is 12.6. The molecule has 0 N–H and O–H groups in total. The molecule has 0 fully saturated rings. The molecular weight excluding hydrogens is 653 g/mol. The SMILES string of the molecule is c1ccc(-c2ccc(N(c3ccc4c(c3)oc3ccccc34)c3cccc4c3sc3ccc(N(c5ccccc5)c5ccccc5)cc34)cc2)cc1. The van der Waals surface area contributed by atoms with E-state index in [-0.39, 0.29) is 0 Å². The summed E-state index contributed by atoms with van der Waals surface area (Å²) in [5, 5.41) is 4.72. The van der Waals surface area contributed by atoms with E-state index < -0.39 is 0 Å².